The molecule has 11 heteroatoms. The highest BCUT2D eigenvalue weighted by Gasteiger charge is 2.32. The Hall–Kier alpha value is -3.52. The van der Waals surface area contributed by atoms with E-state index in [1.54, 1.807) is 17.8 Å². The lowest BCUT2D eigenvalue weighted by Gasteiger charge is -2.09. The topological polar surface area (TPSA) is 93.2 Å². The molecule has 0 aromatic carbocycles. The van der Waals surface area contributed by atoms with Crippen LogP contribution in [0.1, 0.15) is 18.1 Å². The van der Waals surface area contributed by atoms with Gasteiger partial charge in [-0.25, -0.2) is 19.9 Å². The molecule has 0 spiro atoms. The van der Waals surface area contributed by atoms with E-state index in [-0.39, 0.29) is 5.52 Å². The molecule has 0 atom stereocenters. The quantitative estimate of drug-likeness (QED) is 0.431. The molecule has 0 aliphatic heterocycles. The number of aryl methyl sites for hydroxylation is 1. The van der Waals surface area contributed by atoms with E-state index in [0.29, 0.717) is 34.1 Å². The summed E-state index contributed by atoms with van der Waals surface area (Å²) >= 11 is 1.52. The van der Waals surface area contributed by atoms with Crippen molar-refractivity contribution in [3.05, 3.63) is 48.0 Å². The van der Waals surface area contributed by atoms with Crippen molar-refractivity contribution >= 4 is 22.9 Å². The second-order valence-electron chi connectivity index (χ2n) is 6.47. The maximum atomic E-state index is 13.0. The molecule has 0 fully saturated rings. The smallest absolute Gasteiger partial charge is 0.310 e. The molecule has 31 heavy (non-hydrogen) atoms. The Balaban J connectivity index is 1.82. The number of nitriles is 1. The molecule has 0 N–H and O–H groups in total. The number of hydrogen-bond acceptors (Lipinski definition) is 7. The van der Waals surface area contributed by atoms with Gasteiger partial charge in [-0.3, -0.25) is 4.98 Å². The van der Waals surface area contributed by atoms with Crippen molar-refractivity contribution in [1.29, 1.82) is 5.26 Å². The zero-order valence-corrected chi connectivity index (χ0v) is 17.2. The second kappa shape index (κ2) is 7.96. The molecule has 0 bridgehead atoms. The molecule has 4 aromatic heterocycles. The van der Waals surface area contributed by atoms with Crippen molar-refractivity contribution in [3.63, 3.8) is 0 Å². The van der Waals surface area contributed by atoms with E-state index < -0.39 is 11.7 Å². The fourth-order valence-electron chi connectivity index (χ4n) is 2.98. The summed E-state index contributed by atoms with van der Waals surface area (Å²) in [6, 6.07) is 4.80. The van der Waals surface area contributed by atoms with E-state index in [1.807, 2.05) is 19.1 Å². The maximum absolute atomic E-state index is 13.0. The summed E-state index contributed by atoms with van der Waals surface area (Å²) in [5, 5.41) is 8.90. The molecule has 0 saturated heterocycles. The Bertz CT molecular complexity index is 1310. The molecule has 4 aromatic rings. The van der Waals surface area contributed by atoms with Gasteiger partial charge in [0.05, 0.1) is 11.1 Å². The van der Waals surface area contributed by atoms with Crippen LogP contribution in [0, 0.1) is 11.3 Å². The molecule has 4 heterocycles. The molecule has 0 amide bonds. The lowest BCUT2D eigenvalue weighted by molar-refractivity contribution is -0.137. The van der Waals surface area contributed by atoms with E-state index in [4.69, 9.17) is 5.26 Å². The Morgan fingerprint density at radius 2 is 1.81 bits per heavy atom. The van der Waals surface area contributed by atoms with Gasteiger partial charge in [0, 0.05) is 42.3 Å². The number of hydrogen-bond donors (Lipinski definition) is 0. The predicted molar refractivity (Wildman–Crippen MR) is 109 cm³/mol. The first kappa shape index (κ1) is 20.7. The van der Waals surface area contributed by atoms with Gasteiger partial charge in [-0.2, -0.15) is 18.4 Å². The van der Waals surface area contributed by atoms with E-state index >= 15 is 0 Å². The highest BCUT2D eigenvalue weighted by atomic mass is 32.2. The molecule has 0 saturated carbocycles. The van der Waals surface area contributed by atoms with E-state index in [1.165, 1.54) is 24.2 Å². The number of thioether (sulfide) groups is 1. The average Bonchev–Trinajstić information content (AvgIpc) is 3.09. The summed E-state index contributed by atoms with van der Waals surface area (Å²) < 4.78 is 40.8. The minimum Gasteiger partial charge on any atom is -0.310 e. The van der Waals surface area contributed by atoms with Gasteiger partial charge in [-0.05, 0) is 17.9 Å². The molecule has 0 aliphatic carbocycles. The molecular weight excluding hydrogens is 427 g/mol. The van der Waals surface area contributed by atoms with Crippen LogP contribution in [-0.4, -0.2) is 35.2 Å². The summed E-state index contributed by atoms with van der Waals surface area (Å²) in [6.07, 6.45) is 0.734. The fraction of sp³-hybridized carbons (Fsp3) is 0.200. The number of aromatic nitrogens is 6. The van der Waals surface area contributed by atoms with Crippen LogP contribution in [-0.2, 0) is 13.2 Å². The molecule has 156 valence electrons. The first-order valence-electron chi connectivity index (χ1n) is 9.07. The number of nitrogens with zero attached hydrogens (tertiary/aromatic N) is 7. The van der Waals surface area contributed by atoms with Crippen LogP contribution in [0.4, 0.5) is 13.2 Å². The average molecular weight is 441 g/mol. The third-order valence-electron chi connectivity index (χ3n) is 4.44. The largest absolute Gasteiger partial charge is 0.417 e. The third kappa shape index (κ3) is 3.94. The lowest BCUT2D eigenvalue weighted by atomic mass is 10.2. The van der Waals surface area contributed by atoms with Crippen LogP contribution in [0.2, 0.25) is 0 Å². The van der Waals surface area contributed by atoms with Crippen LogP contribution >= 0.6 is 11.8 Å². The maximum Gasteiger partial charge on any atom is 0.417 e. The SMILES string of the molecule is CCSc1cc(-c2ncc(C#N)cn2)cnc1-c1nc2cc(C(F)(F)F)cnc2n1C. The van der Waals surface area contributed by atoms with Crippen molar-refractivity contribution in [2.24, 2.45) is 7.05 Å². The van der Waals surface area contributed by atoms with Gasteiger partial charge >= 0.3 is 6.18 Å². The summed E-state index contributed by atoms with van der Waals surface area (Å²) in [6.45, 7) is 1.98. The summed E-state index contributed by atoms with van der Waals surface area (Å²) in [5.41, 5.74) is 1.15. The zero-order valence-electron chi connectivity index (χ0n) is 16.3. The first-order chi connectivity index (χ1) is 14.8. The van der Waals surface area contributed by atoms with Crippen molar-refractivity contribution in [2.75, 3.05) is 5.75 Å². The molecule has 4 rings (SSSR count). The number of halogens is 3. The van der Waals surface area contributed by atoms with Crippen molar-refractivity contribution < 1.29 is 13.2 Å². The van der Waals surface area contributed by atoms with Gasteiger partial charge in [0.15, 0.2) is 17.3 Å². The molecule has 0 aliphatic rings. The highest BCUT2D eigenvalue weighted by Crippen LogP contribution is 2.35. The third-order valence-corrected chi connectivity index (χ3v) is 5.35. The minimum atomic E-state index is -4.50. The van der Waals surface area contributed by atoms with Crippen LogP contribution < -0.4 is 0 Å². The lowest BCUT2D eigenvalue weighted by Crippen LogP contribution is -2.05. The molecule has 7 nitrogen and oxygen atoms in total. The number of alkyl halides is 3. The Labute approximate surface area is 179 Å². The van der Waals surface area contributed by atoms with Gasteiger partial charge in [0.2, 0.25) is 0 Å². The fourth-order valence-corrected chi connectivity index (χ4v) is 3.78. The van der Waals surface area contributed by atoms with Crippen LogP contribution in [0.3, 0.4) is 0 Å². The second-order valence-corrected chi connectivity index (χ2v) is 7.78. The molecular formula is C20H14F3N7S. The summed E-state index contributed by atoms with van der Waals surface area (Å²) in [4.78, 5) is 22.0. The van der Waals surface area contributed by atoms with Crippen molar-refractivity contribution in [2.45, 2.75) is 18.0 Å². The Morgan fingerprint density at radius 3 is 2.45 bits per heavy atom. The van der Waals surface area contributed by atoms with Gasteiger partial charge in [0.25, 0.3) is 0 Å². The minimum absolute atomic E-state index is 0.140. The summed E-state index contributed by atoms with van der Waals surface area (Å²) in [5.74, 6) is 1.56. The number of pyridine rings is 2. The van der Waals surface area contributed by atoms with Gasteiger partial charge in [0.1, 0.15) is 17.3 Å². The van der Waals surface area contributed by atoms with Gasteiger partial charge in [-0.15, -0.1) is 11.8 Å². The predicted octanol–water partition coefficient (Wildman–Crippen LogP) is 4.49. The van der Waals surface area contributed by atoms with E-state index in [0.717, 1.165) is 22.9 Å². The van der Waals surface area contributed by atoms with Crippen LogP contribution in [0.15, 0.2) is 41.8 Å². The number of fused-ring (bicyclic) bond motifs is 1. The molecule has 0 radical (unpaired) electrons. The highest BCUT2D eigenvalue weighted by molar-refractivity contribution is 7.99. The zero-order chi connectivity index (χ0) is 22.2. The molecule has 0 unspecified atom stereocenters. The van der Waals surface area contributed by atoms with Crippen molar-refractivity contribution in [1.82, 2.24) is 29.5 Å². The Morgan fingerprint density at radius 1 is 1.06 bits per heavy atom. The first-order valence-corrected chi connectivity index (χ1v) is 10.1. The standard InChI is InChI=1S/C20H14F3N7S/c1-3-31-15-4-12(17-26-7-11(6-24)8-27-17)9-25-16(15)19-29-14-5-13(20(21,22)23)10-28-18(14)30(19)2/h4-5,7-10H,3H2,1-2H3. The summed E-state index contributed by atoms with van der Waals surface area (Å²) in [7, 11) is 1.69. The van der Waals surface area contributed by atoms with Gasteiger partial charge in [-0.1, -0.05) is 6.92 Å². The monoisotopic (exact) mass is 441 g/mol. The van der Waals surface area contributed by atoms with Crippen molar-refractivity contribution in [3.8, 4) is 29.0 Å². The van der Waals surface area contributed by atoms with E-state index in [9.17, 15) is 13.2 Å². The van der Waals surface area contributed by atoms with E-state index in [2.05, 4.69) is 24.9 Å². The number of imidazole rings is 1. The van der Waals surface area contributed by atoms with Gasteiger partial charge < -0.3 is 4.57 Å². The number of rotatable bonds is 4. The Kier molecular flexibility index (Phi) is 5.32. The normalized spacial score (nSPS) is 11.6. The van der Waals surface area contributed by atoms with Crippen LogP contribution in [0.25, 0.3) is 34.1 Å². The van der Waals surface area contributed by atoms with Crippen LogP contribution in [0.5, 0.6) is 0 Å².